The Kier molecular flexibility index (Phi) is 5.63. The Morgan fingerprint density at radius 2 is 2.04 bits per heavy atom. The first-order valence-corrected chi connectivity index (χ1v) is 8.22. The van der Waals surface area contributed by atoms with Gasteiger partial charge in [0.25, 0.3) is 0 Å². The van der Waals surface area contributed by atoms with Crippen LogP contribution in [-0.2, 0) is 16.1 Å². The fourth-order valence-electron chi connectivity index (χ4n) is 2.49. The highest BCUT2D eigenvalue weighted by Crippen LogP contribution is 2.21. The molecule has 0 radical (unpaired) electrons. The number of alkyl halides is 1. The summed E-state index contributed by atoms with van der Waals surface area (Å²) in [5.74, 6) is 0.0168. The number of hydrogen-bond acceptors (Lipinski definition) is 2. The van der Waals surface area contributed by atoms with Crippen LogP contribution in [0.1, 0.15) is 25.8 Å². The van der Waals surface area contributed by atoms with Crippen LogP contribution in [0.15, 0.2) is 24.3 Å². The molecular formula is C17H22ClFN2O2. The van der Waals surface area contributed by atoms with Gasteiger partial charge in [-0.2, -0.15) is 0 Å². The molecule has 1 fully saturated rings. The molecule has 23 heavy (non-hydrogen) atoms. The van der Waals surface area contributed by atoms with E-state index in [0.717, 1.165) is 5.56 Å². The molecule has 1 aliphatic rings. The molecular weight excluding hydrogens is 319 g/mol. The average Bonchev–Trinajstić information content (AvgIpc) is 2.87. The summed E-state index contributed by atoms with van der Waals surface area (Å²) in [6.07, 6.45) is 0.419. The third-order valence-corrected chi connectivity index (χ3v) is 4.75. The molecule has 0 aromatic heterocycles. The Morgan fingerprint density at radius 3 is 2.65 bits per heavy atom. The second kappa shape index (κ2) is 7.30. The quantitative estimate of drug-likeness (QED) is 0.809. The first-order chi connectivity index (χ1) is 10.8. The van der Waals surface area contributed by atoms with Crippen molar-refractivity contribution in [3.8, 4) is 0 Å². The van der Waals surface area contributed by atoms with Crippen LogP contribution in [0.4, 0.5) is 4.39 Å². The molecule has 1 atom stereocenters. The van der Waals surface area contributed by atoms with E-state index in [0.29, 0.717) is 26.1 Å². The van der Waals surface area contributed by atoms with Crippen LogP contribution < -0.4 is 5.32 Å². The van der Waals surface area contributed by atoms with Gasteiger partial charge in [-0.25, -0.2) is 4.39 Å². The average molecular weight is 341 g/mol. The molecule has 4 nitrogen and oxygen atoms in total. The summed E-state index contributed by atoms with van der Waals surface area (Å²) in [6.45, 7) is 5.10. The lowest BCUT2D eigenvalue weighted by Gasteiger charge is -2.22. The maximum Gasteiger partial charge on any atom is 0.226 e. The fourth-order valence-corrected chi connectivity index (χ4v) is 2.61. The lowest BCUT2D eigenvalue weighted by atomic mass is 9.95. The molecule has 1 N–H and O–H groups in total. The maximum atomic E-state index is 12.9. The van der Waals surface area contributed by atoms with E-state index >= 15 is 0 Å². The van der Waals surface area contributed by atoms with E-state index in [1.54, 1.807) is 30.9 Å². The SMILES string of the molecule is CC(C)(CCl)C(=O)NCC1CC(=O)N(Cc2ccc(F)cc2)C1. The van der Waals surface area contributed by atoms with E-state index in [2.05, 4.69) is 5.32 Å². The van der Waals surface area contributed by atoms with Crippen LogP contribution in [0.5, 0.6) is 0 Å². The van der Waals surface area contributed by atoms with Gasteiger partial charge >= 0.3 is 0 Å². The standard InChI is InChI=1S/C17H22ClFN2O2/c1-17(2,11-18)16(23)20-8-13-7-15(22)21(10-13)9-12-3-5-14(19)6-4-12/h3-6,13H,7-11H2,1-2H3,(H,20,23). The van der Waals surface area contributed by atoms with Crippen molar-refractivity contribution in [2.45, 2.75) is 26.8 Å². The topological polar surface area (TPSA) is 49.4 Å². The lowest BCUT2D eigenvalue weighted by molar-refractivity contribution is -0.129. The van der Waals surface area contributed by atoms with Gasteiger partial charge in [0, 0.05) is 37.9 Å². The van der Waals surface area contributed by atoms with E-state index in [4.69, 9.17) is 11.6 Å². The number of likely N-dealkylation sites (tertiary alicyclic amines) is 1. The predicted molar refractivity (Wildman–Crippen MR) is 87.4 cm³/mol. The first kappa shape index (κ1) is 17.7. The summed E-state index contributed by atoms with van der Waals surface area (Å²) in [5, 5.41) is 2.88. The molecule has 1 unspecified atom stereocenters. The van der Waals surface area contributed by atoms with Gasteiger partial charge in [0.1, 0.15) is 5.82 Å². The highest BCUT2D eigenvalue weighted by molar-refractivity contribution is 6.19. The van der Waals surface area contributed by atoms with E-state index in [1.165, 1.54) is 12.1 Å². The summed E-state index contributed by atoms with van der Waals surface area (Å²) in [5.41, 5.74) is 0.283. The Labute approximate surface area is 141 Å². The minimum absolute atomic E-state index is 0.0603. The zero-order valence-corrected chi connectivity index (χ0v) is 14.2. The lowest BCUT2D eigenvalue weighted by Crippen LogP contribution is -2.40. The van der Waals surface area contributed by atoms with Crippen molar-refractivity contribution in [2.75, 3.05) is 19.0 Å². The molecule has 1 aliphatic heterocycles. The number of halogens is 2. The number of rotatable bonds is 6. The minimum atomic E-state index is -0.613. The molecule has 6 heteroatoms. The van der Waals surface area contributed by atoms with Crippen LogP contribution in [-0.4, -0.2) is 35.7 Å². The molecule has 1 aromatic carbocycles. The molecule has 2 amide bonds. The summed E-state index contributed by atoms with van der Waals surface area (Å²) in [6, 6.07) is 6.14. The summed E-state index contributed by atoms with van der Waals surface area (Å²) >= 11 is 5.78. The summed E-state index contributed by atoms with van der Waals surface area (Å²) in [7, 11) is 0. The third kappa shape index (κ3) is 4.67. The van der Waals surface area contributed by atoms with Crippen LogP contribution in [0.3, 0.4) is 0 Å². The van der Waals surface area contributed by atoms with E-state index < -0.39 is 5.41 Å². The number of hydrogen-bond donors (Lipinski definition) is 1. The van der Waals surface area contributed by atoms with Crippen LogP contribution in [0.25, 0.3) is 0 Å². The van der Waals surface area contributed by atoms with Crippen molar-refractivity contribution >= 4 is 23.4 Å². The molecule has 0 bridgehead atoms. The number of nitrogens with one attached hydrogen (secondary N) is 1. The van der Waals surface area contributed by atoms with E-state index in [-0.39, 0.29) is 29.4 Å². The normalized spacial score (nSPS) is 18.3. The van der Waals surface area contributed by atoms with Crippen molar-refractivity contribution < 1.29 is 14.0 Å². The van der Waals surface area contributed by atoms with Crippen LogP contribution in [0, 0.1) is 17.2 Å². The molecule has 0 aliphatic carbocycles. The van der Waals surface area contributed by atoms with Gasteiger partial charge in [-0.15, -0.1) is 11.6 Å². The van der Waals surface area contributed by atoms with E-state index in [9.17, 15) is 14.0 Å². The Balaban J connectivity index is 1.85. The maximum absolute atomic E-state index is 12.9. The van der Waals surface area contributed by atoms with Crippen molar-refractivity contribution in [2.24, 2.45) is 11.3 Å². The second-order valence-electron chi connectivity index (χ2n) is 6.70. The number of carbonyl (C=O) groups is 2. The van der Waals surface area contributed by atoms with Crippen molar-refractivity contribution in [3.05, 3.63) is 35.6 Å². The smallest absolute Gasteiger partial charge is 0.226 e. The predicted octanol–water partition coefficient (Wildman–Crippen LogP) is 2.56. The first-order valence-electron chi connectivity index (χ1n) is 7.68. The fraction of sp³-hybridized carbons (Fsp3) is 0.529. The zero-order chi connectivity index (χ0) is 17.0. The molecule has 126 valence electrons. The van der Waals surface area contributed by atoms with Gasteiger partial charge in [-0.3, -0.25) is 9.59 Å². The molecule has 0 spiro atoms. The highest BCUT2D eigenvalue weighted by Gasteiger charge is 2.32. The second-order valence-corrected chi connectivity index (χ2v) is 6.97. The summed E-state index contributed by atoms with van der Waals surface area (Å²) in [4.78, 5) is 25.8. The number of carbonyl (C=O) groups excluding carboxylic acids is 2. The van der Waals surface area contributed by atoms with Gasteiger partial charge in [0.2, 0.25) is 11.8 Å². The van der Waals surface area contributed by atoms with Gasteiger partial charge in [0.15, 0.2) is 0 Å². The molecule has 1 heterocycles. The van der Waals surface area contributed by atoms with Gasteiger partial charge in [-0.05, 0) is 31.5 Å². The van der Waals surface area contributed by atoms with Gasteiger partial charge in [-0.1, -0.05) is 12.1 Å². The number of amides is 2. The largest absolute Gasteiger partial charge is 0.355 e. The number of nitrogens with zero attached hydrogens (tertiary/aromatic N) is 1. The Hall–Kier alpha value is -1.62. The Morgan fingerprint density at radius 1 is 1.39 bits per heavy atom. The monoisotopic (exact) mass is 340 g/mol. The van der Waals surface area contributed by atoms with Crippen molar-refractivity contribution in [1.82, 2.24) is 10.2 Å². The zero-order valence-electron chi connectivity index (χ0n) is 13.4. The van der Waals surface area contributed by atoms with Gasteiger partial charge in [0.05, 0.1) is 5.41 Å². The minimum Gasteiger partial charge on any atom is -0.355 e. The van der Waals surface area contributed by atoms with Crippen LogP contribution in [0.2, 0.25) is 0 Å². The van der Waals surface area contributed by atoms with Crippen molar-refractivity contribution in [1.29, 1.82) is 0 Å². The molecule has 1 aromatic rings. The van der Waals surface area contributed by atoms with Gasteiger partial charge < -0.3 is 10.2 Å². The third-order valence-electron chi connectivity index (χ3n) is 4.08. The van der Waals surface area contributed by atoms with Crippen molar-refractivity contribution in [3.63, 3.8) is 0 Å². The summed E-state index contributed by atoms with van der Waals surface area (Å²) < 4.78 is 12.9. The van der Waals surface area contributed by atoms with Crippen LogP contribution >= 0.6 is 11.6 Å². The molecule has 0 saturated carbocycles. The van der Waals surface area contributed by atoms with E-state index in [1.807, 2.05) is 0 Å². The highest BCUT2D eigenvalue weighted by atomic mass is 35.5. The molecule has 2 rings (SSSR count). The molecule has 1 saturated heterocycles. The number of benzene rings is 1. The Bertz CT molecular complexity index is 574.